The minimum absolute atomic E-state index is 0.0453. The Morgan fingerprint density at radius 1 is 1.07 bits per heavy atom. The lowest BCUT2D eigenvalue weighted by Gasteiger charge is -2.61. The van der Waals surface area contributed by atoms with Gasteiger partial charge >= 0.3 is 11.9 Å². The maximum atomic E-state index is 13.7. The van der Waals surface area contributed by atoms with Crippen LogP contribution in [0.25, 0.3) is 0 Å². The van der Waals surface area contributed by atoms with Gasteiger partial charge in [0.05, 0.1) is 0 Å². The van der Waals surface area contributed by atoms with Gasteiger partial charge in [0, 0.05) is 43.1 Å². The standard InChI is InChI=1S/C34H46O7/c1-18(16-35)19(2)29(39)30(41-23(6)37)21(4)28-26(40-22(5)36)15-32(8)27-10-9-24-20(3)25(38)11-12-33(24)17-34(27,33)14-13-31(28,32)7/h11-12,16,18,20-21,24,26-28,30H,2,9-10,13-15,17H2,1,3-8H3/t18-,20-,21-,24-,26-,27-,28-,30+,31+,32-,33+,34-/m0/s1. The maximum Gasteiger partial charge on any atom is 0.303 e. The van der Waals surface area contributed by atoms with E-state index in [1.807, 2.05) is 13.0 Å². The monoisotopic (exact) mass is 566 g/mol. The molecule has 0 radical (unpaired) electrons. The van der Waals surface area contributed by atoms with Gasteiger partial charge < -0.3 is 14.3 Å². The fourth-order valence-electron chi connectivity index (χ4n) is 10.9. The van der Waals surface area contributed by atoms with Gasteiger partial charge in [0.2, 0.25) is 0 Å². The van der Waals surface area contributed by atoms with Gasteiger partial charge in [0.1, 0.15) is 12.4 Å². The van der Waals surface area contributed by atoms with Crippen molar-refractivity contribution in [1.29, 1.82) is 0 Å². The van der Waals surface area contributed by atoms with Crippen molar-refractivity contribution >= 4 is 29.8 Å². The first-order chi connectivity index (χ1) is 19.1. The smallest absolute Gasteiger partial charge is 0.303 e. The predicted octanol–water partition coefficient (Wildman–Crippen LogP) is 5.45. The molecule has 7 heteroatoms. The van der Waals surface area contributed by atoms with Crippen molar-refractivity contribution < 1.29 is 33.4 Å². The lowest BCUT2D eigenvalue weighted by atomic mass is 9.43. The number of ketones is 2. The summed E-state index contributed by atoms with van der Waals surface area (Å²) in [6, 6.07) is 0. The summed E-state index contributed by atoms with van der Waals surface area (Å²) < 4.78 is 11.8. The molecule has 0 bridgehead atoms. The highest BCUT2D eigenvalue weighted by Crippen LogP contribution is 2.87. The van der Waals surface area contributed by atoms with E-state index in [4.69, 9.17) is 9.47 Å². The number of hydrogen-bond acceptors (Lipinski definition) is 7. The molecule has 12 atom stereocenters. The third kappa shape index (κ3) is 4.00. The molecule has 5 aliphatic carbocycles. The lowest BCUT2D eigenvalue weighted by Crippen LogP contribution is -2.56. The van der Waals surface area contributed by atoms with Gasteiger partial charge in [0.15, 0.2) is 17.7 Å². The third-order valence-electron chi connectivity index (χ3n) is 13.0. The van der Waals surface area contributed by atoms with E-state index in [0.29, 0.717) is 24.5 Å². The molecule has 0 saturated heterocycles. The van der Waals surface area contributed by atoms with E-state index < -0.39 is 35.8 Å². The summed E-state index contributed by atoms with van der Waals surface area (Å²) in [6.45, 7) is 16.8. The van der Waals surface area contributed by atoms with Crippen molar-refractivity contribution in [3.8, 4) is 0 Å². The van der Waals surface area contributed by atoms with Crippen LogP contribution in [0, 0.1) is 57.2 Å². The molecule has 0 N–H and O–H groups in total. The molecule has 2 spiro atoms. The summed E-state index contributed by atoms with van der Waals surface area (Å²) in [4.78, 5) is 62.5. The minimum Gasteiger partial charge on any atom is -0.462 e. The van der Waals surface area contributed by atoms with Crippen LogP contribution in [0.2, 0.25) is 0 Å². The molecule has 0 aromatic carbocycles. The predicted molar refractivity (Wildman–Crippen MR) is 152 cm³/mol. The first kappa shape index (κ1) is 29.9. The number of aldehydes is 1. The summed E-state index contributed by atoms with van der Waals surface area (Å²) in [5.41, 5.74) is -0.175. The van der Waals surface area contributed by atoms with Crippen LogP contribution in [-0.4, -0.2) is 42.0 Å². The quantitative estimate of drug-likeness (QED) is 0.219. The van der Waals surface area contributed by atoms with Crippen LogP contribution in [0.4, 0.5) is 0 Å². The fraction of sp³-hybridized carbons (Fsp3) is 0.735. The van der Waals surface area contributed by atoms with Crippen molar-refractivity contribution in [1.82, 2.24) is 0 Å². The molecule has 224 valence electrons. The molecule has 7 nitrogen and oxygen atoms in total. The molecule has 4 saturated carbocycles. The summed E-state index contributed by atoms with van der Waals surface area (Å²) in [5, 5.41) is 0. The molecular formula is C34H46O7. The van der Waals surface area contributed by atoms with E-state index in [1.165, 1.54) is 13.8 Å². The number of Topliss-reactive ketones (excluding diaryl/α,β-unsaturated/α-hetero) is 1. The Labute approximate surface area is 243 Å². The second-order valence-corrected chi connectivity index (χ2v) is 14.6. The van der Waals surface area contributed by atoms with Gasteiger partial charge in [0.25, 0.3) is 0 Å². The number of allylic oxidation sites excluding steroid dienone is 2. The highest BCUT2D eigenvalue weighted by molar-refractivity contribution is 6.02. The molecule has 0 heterocycles. The highest BCUT2D eigenvalue weighted by atomic mass is 16.6. The summed E-state index contributed by atoms with van der Waals surface area (Å²) in [7, 11) is 0. The number of fused-ring (bicyclic) bond motifs is 2. The normalized spacial score (nSPS) is 44.2. The van der Waals surface area contributed by atoms with Crippen LogP contribution in [0.5, 0.6) is 0 Å². The Bertz CT molecular complexity index is 1230. The summed E-state index contributed by atoms with van der Waals surface area (Å²) >= 11 is 0. The van der Waals surface area contributed by atoms with Crippen LogP contribution < -0.4 is 0 Å². The minimum atomic E-state index is -1.13. The largest absolute Gasteiger partial charge is 0.462 e. The third-order valence-corrected chi connectivity index (χ3v) is 13.0. The Balaban J connectivity index is 1.55. The summed E-state index contributed by atoms with van der Waals surface area (Å²) in [6.07, 6.45) is 8.89. The molecular weight excluding hydrogens is 520 g/mol. The Hall–Kier alpha value is -2.57. The number of esters is 2. The number of ether oxygens (including phenoxy) is 2. The van der Waals surface area contributed by atoms with E-state index in [2.05, 4.69) is 33.4 Å². The Morgan fingerprint density at radius 3 is 2.37 bits per heavy atom. The highest BCUT2D eigenvalue weighted by Gasteiger charge is 2.81. The molecule has 0 unspecified atom stereocenters. The number of hydrogen-bond donors (Lipinski definition) is 0. The first-order valence-corrected chi connectivity index (χ1v) is 15.4. The SMILES string of the molecule is C=C(C(=O)[C@H](OC(C)=O)[C@@H](C)[C@H]1[C@@H](OC(C)=O)C[C@@]2(C)[C@@H]3CC[C@H]4[C@H](C)C(=O)C=C[C@@]45C[C@@]35CC[C@]12C)[C@@H](C)C=O. The van der Waals surface area contributed by atoms with Crippen LogP contribution >= 0.6 is 0 Å². The molecule has 5 rings (SSSR count). The molecule has 0 aromatic heterocycles. The van der Waals surface area contributed by atoms with Crippen LogP contribution in [0.15, 0.2) is 24.3 Å². The molecule has 0 aromatic rings. The maximum absolute atomic E-state index is 13.7. The zero-order chi connectivity index (χ0) is 30.3. The second-order valence-electron chi connectivity index (χ2n) is 14.6. The molecule has 0 amide bonds. The average molecular weight is 567 g/mol. The van der Waals surface area contributed by atoms with E-state index in [0.717, 1.165) is 32.1 Å². The van der Waals surface area contributed by atoms with Gasteiger partial charge in [-0.3, -0.25) is 19.2 Å². The fourth-order valence-corrected chi connectivity index (χ4v) is 10.9. The molecule has 0 aliphatic heterocycles. The topological polar surface area (TPSA) is 104 Å². The Kier molecular flexibility index (Phi) is 7.10. The average Bonchev–Trinajstić information content (AvgIpc) is 3.52. The van der Waals surface area contributed by atoms with Crippen molar-refractivity contribution in [2.24, 2.45) is 57.2 Å². The first-order valence-electron chi connectivity index (χ1n) is 15.4. The Morgan fingerprint density at radius 2 is 1.76 bits per heavy atom. The van der Waals surface area contributed by atoms with Crippen LogP contribution in [0.1, 0.15) is 87.0 Å². The van der Waals surface area contributed by atoms with Crippen molar-refractivity contribution in [2.75, 3.05) is 0 Å². The van der Waals surface area contributed by atoms with Crippen LogP contribution in [-0.2, 0) is 33.4 Å². The summed E-state index contributed by atoms with van der Waals surface area (Å²) in [5.74, 6) is -1.75. The number of carbonyl (C=O) groups excluding carboxylic acids is 5. The molecule has 4 fully saturated rings. The van der Waals surface area contributed by atoms with Gasteiger partial charge in [-0.1, -0.05) is 47.3 Å². The van der Waals surface area contributed by atoms with Gasteiger partial charge in [-0.25, -0.2) is 0 Å². The zero-order valence-electron chi connectivity index (χ0n) is 25.7. The molecule has 41 heavy (non-hydrogen) atoms. The number of rotatable bonds is 8. The van der Waals surface area contributed by atoms with Crippen molar-refractivity contribution in [2.45, 2.75) is 99.2 Å². The second kappa shape index (κ2) is 9.74. The zero-order valence-corrected chi connectivity index (χ0v) is 25.7. The lowest BCUT2D eigenvalue weighted by molar-refractivity contribution is -0.166. The van der Waals surface area contributed by atoms with E-state index >= 15 is 0 Å². The van der Waals surface area contributed by atoms with Crippen LogP contribution in [0.3, 0.4) is 0 Å². The van der Waals surface area contributed by atoms with Crippen molar-refractivity contribution in [3.05, 3.63) is 24.3 Å². The van der Waals surface area contributed by atoms with Gasteiger partial charge in [-0.15, -0.1) is 0 Å². The van der Waals surface area contributed by atoms with Gasteiger partial charge in [-0.2, -0.15) is 0 Å². The van der Waals surface area contributed by atoms with Gasteiger partial charge in [-0.05, 0) is 78.1 Å². The van der Waals surface area contributed by atoms with E-state index in [1.54, 1.807) is 6.92 Å². The number of carbonyl (C=O) groups is 5. The van der Waals surface area contributed by atoms with Crippen molar-refractivity contribution in [3.63, 3.8) is 0 Å². The molecule has 5 aliphatic rings. The van der Waals surface area contributed by atoms with E-state index in [9.17, 15) is 24.0 Å². The van der Waals surface area contributed by atoms with E-state index in [-0.39, 0.29) is 50.8 Å².